The third kappa shape index (κ3) is 4.68. The number of carbonyl (C=O) groups is 2. The number of likely N-dealkylation sites (tertiary alicyclic amines) is 1. The molecule has 148 valence electrons. The van der Waals surface area contributed by atoms with E-state index in [0.717, 1.165) is 18.4 Å². The minimum absolute atomic E-state index is 0.00744. The SMILES string of the molecule is CC(=O)N1CCC(C(=O)NCc2ccc(S(=O)(=O)N3CCCC3)cc2)CC1. The number of benzene rings is 1. The Bertz CT molecular complexity index is 778. The van der Waals surface area contributed by atoms with E-state index in [1.165, 1.54) is 4.31 Å². The van der Waals surface area contributed by atoms with Crippen LogP contribution in [0, 0.1) is 5.92 Å². The summed E-state index contributed by atoms with van der Waals surface area (Å²) in [6.45, 7) is 4.34. The van der Waals surface area contributed by atoms with E-state index in [0.29, 0.717) is 50.5 Å². The molecule has 1 aromatic carbocycles. The van der Waals surface area contributed by atoms with Crippen molar-refractivity contribution >= 4 is 21.8 Å². The Morgan fingerprint density at radius 3 is 2.19 bits per heavy atom. The third-order valence-corrected chi connectivity index (χ3v) is 7.32. The van der Waals surface area contributed by atoms with Gasteiger partial charge in [-0.15, -0.1) is 0 Å². The first-order chi connectivity index (χ1) is 12.9. The summed E-state index contributed by atoms with van der Waals surface area (Å²) < 4.78 is 26.6. The van der Waals surface area contributed by atoms with Gasteiger partial charge in [0.1, 0.15) is 0 Å². The molecule has 0 saturated carbocycles. The minimum Gasteiger partial charge on any atom is -0.352 e. The first-order valence-electron chi connectivity index (χ1n) is 9.50. The van der Waals surface area contributed by atoms with Gasteiger partial charge in [0.05, 0.1) is 4.90 Å². The molecule has 2 fully saturated rings. The van der Waals surface area contributed by atoms with E-state index >= 15 is 0 Å². The fraction of sp³-hybridized carbons (Fsp3) is 0.579. The van der Waals surface area contributed by atoms with Gasteiger partial charge in [-0.1, -0.05) is 12.1 Å². The summed E-state index contributed by atoms with van der Waals surface area (Å²) >= 11 is 0. The molecular weight excluding hydrogens is 366 g/mol. The number of nitrogens with zero attached hydrogens (tertiary/aromatic N) is 2. The van der Waals surface area contributed by atoms with Gasteiger partial charge in [-0.05, 0) is 43.4 Å². The van der Waals surface area contributed by atoms with Crippen molar-refractivity contribution in [2.24, 2.45) is 5.92 Å². The summed E-state index contributed by atoms with van der Waals surface area (Å²) in [4.78, 5) is 25.7. The zero-order valence-corrected chi connectivity index (χ0v) is 16.5. The van der Waals surface area contributed by atoms with Crippen LogP contribution in [0.25, 0.3) is 0 Å². The van der Waals surface area contributed by atoms with E-state index in [9.17, 15) is 18.0 Å². The van der Waals surface area contributed by atoms with Crippen LogP contribution in [0.15, 0.2) is 29.2 Å². The van der Waals surface area contributed by atoms with Crippen LogP contribution in [0.4, 0.5) is 0 Å². The molecule has 2 amide bonds. The largest absolute Gasteiger partial charge is 0.352 e. The molecule has 0 atom stereocenters. The Morgan fingerprint density at radius 2 is 1.63 bits per heavy atom. The zero-order chi connectivity index (χ0) is 19.4. The Hall–Kier alpha value is -1.93. The van der Waals surface area contributed by atoms with E-state index in [-0.39, 0.29) is 17.7 Å². The molecule has 8 heteroatoms. The summed E-state index contributed by atoms with van der Waals surface area (Å²) in [5.41, 5.74) is 0.866. The molecule has 1 N–H and O–H groups in total. The molecule has 7 nitrogen and oxygen atoms in total. The highest BCUT2D eigenvalue weighted by molar-refractivity contribution is 7.89. The lowest BCUT2D eigenvalue weighted by molar-refractivity contribution is -0.134. The fourth-order valence-corrected chi connectivity index (χ4v) is 5.16. The number of nitrogens with one attached hydrogen (secondary N) is 1. The molecule has 3 rings (SSSR count). The van der Waals surface area contributed by atoms with Gasteiger partial charge in [0.2, 0.25) is 21.8 Å². The summed E-state index contributed by atoms with van der Waals surface area (Å²) in [7, 11) is -3.40. The van der Waals surface area contributed by atoms with Gasteiger partial charge in [0, 0.05) is 45.6 Å². The Kier molecular flexibility index (Phi) is 6.16. The molecule has 2 aliphatic rings. The highest BCUT2D eigenvalue weighted by atomic mass is 32.2. The number of sulfonamides is 1. The molecule has 27 heavy (non-hydrogen) atoms. The van der Waals surface area contributed by atoms with Gasteiger partial charge < -0.3 is 10.2 Å². The summed E-state index contributed by atoms with van der Waals surface area (Å²) in [6.07, 6.45) is 3.18. The van der Waals surface area contributed by atoms with Crippen molar-refractivity contribution in [2.75, 3.05) is 26.2 Å². The van der Waals surface area contributed by atoms with Crippen molar-refractivity contribution in [1.82, 2.24) is 14.5 Å². The van der Waals surface area contributed by atoms with Crippen molar-refractivity contribution < 1.29 is 18.0 Å². The summed E-state index contributed by atoms with van der Waals surface area (Å²) in [5, 5.41) is 2.92. The standard InChI is InChI=1S/C19H27N3O4S/c1-15(23)21-12-8-17(9-13-21)19(24)20-14-16-4-6-18(7-5-16)27(25,26)22-10-2-3-11-22/h4-7,17H,2-3,8-14H2,1H3,(H,20,24). The monoisotopic (exact) mass is 393 g/mol. The predicted octanol–water partition coefficient (Wildman–Crippen LogP) is 1.35. The third-order valence-electron chi connectivity index (χ3n) is 5.40. The van der Waals surface area contributed by atoms with E-state index < -0.39 is 10.0 Å². The predicted molar refractivity (Wildman–Crippen MR) is 101 cm³/mol. The maximum absolute atomic E-state index is 12.5. The van der Waals surface area contributed by atoms with E-state index in [4.69, 9.17) is 0 Å². The Morgan fingerprint density at radius 1 is 1.04 bits per heavy atom. The lowest BCUT2D eigenvalue weighted by Crippen LogP contribution is -2.42. The summed E-state index contributed by atoms with van der Waals surface area (Å²) in [5.74, 6) is -0.0276. The van der Waals surface area contributed by atoms with Gasteiger partial charge in [-0.2, -0.15) is 4.31 Å². The molecule has 2 aliphatic heterocycles. The first kappa shape index (κ1) is 19.8. The van der Waals surface area contributed by atoms with Crippen LogP contribution in [0.5, 0.6) is 0 Å². The number of rotatable bonds is 5. The Balaban J connectivity index is 1.51. The zero-order valence-electron chi connectivity index (χ0n) is 15.7. The molecule has 1 aromatic rings. The van der Waals surface area contributed by atoms with Crippen LogP contribution in [0.1, 0.15) is 38.2 Å². The number of piperidine rings is 1. The minimum atomic E-state index is -3.40. The lowest BCUT2D eigenvalue weighted by Gasteiger charge is -2.30. The second-order valence-corrected chi connectivity index (χ2v) is 9.19. The number of hydrogen-bond donors (Lipinski definition) is 1. The van der Waals surface area contributed by atoms with Gasteiger partial charge in [0.15, 0.2) is 0 Å². The van der Waals surface area contributed by atoms with Crippen molar-refractivity contribution in [1.29, 1.82) is 0 Å². The van der Waals surface area contributed by atoms with E-state index in [1.807, 2.05) is 0 Å². The van der Waals surface area contributed by atoms with Crippen LogP contribution >= 0.6 is 0 Å². The molecule has 0 radical (unpaired) electrons. The van der Waals surface area contributed by atoms with Crippen molar-refractivity contribution in [3.8, 4) is 0 Å². The molecule has 0 spiro atoms. The molecule has 0 aliphatic carbocycles. The van der Waals surface area contributed by atoms with Crippen LogP contribution in [0.2, 0.25) is 0 Å². The molecule has 0 unspecified atom stereocenters. The van der Waals surface area contributed by atoms with Crippen molar-refractivity contribution in [3.63, 3.8) is 0 Å². The highest BCUT2D eigenvalue weighted by Gasteiger charge is 2.27. The number of hydrogen-bond acceptors (Lipinski definition) is 4. The van der Waals surface area contributed by atoms with Gasteiger partial charge in [-0.25, -0.2) is 8.42 Å². The molecule has 0 bridgehead atoms. The van der Waals surface area contributed by atoms with E-state index in [1.54, 1.807) is 36.1 Å². The van der Waals surface area contributed by atoms with Gasteiger partial charge >= 0.3 is 0 Å². The quantitative estimate of drug-likeness (QED) is 0.818. The smallest absolute Gasteiger partial charge is 0.243 e. The lowest BCUT2D eigenvalue weighted by atomic mass is 9.96. The topological polar surface area (TPSA) is 86.8 Å². The van der Waals surface area contributed by atoms with Crippen LogP contribution in [0.3, 0.4) is 0 Å². The average Bonchev–Trinajstić information content (AvgIpc) is 3.22. The normalized spacial score (nSPS) is 19.2. The van der Waals surface area contributed by atoms with Crippen LogP contribution < -0.4 is 5.32 Å². The van der Waals surface area contributed by atoms with Crippen LogP contribution in [-0.4, -0.2) is 55.6 Å². The fourth-order valence-electron chi connectivity index (χ4n) is 3.65. The molecule has 2 saturated heterocycles. The highest BCUT2D eigenvalue weighted by Crippen LogP contribution is 2.21. The second kappa shape index (κ2) is 8.39. The first-order valence-corrected chi connectivity index (χ1v) is 10.9. The average molecular weight is 394 g/mol. The summed E-state index contributed by atoms with van der Waals surface area (Å²) in [6, 6.07) is 6.73. The van der Waals surface area contributed by atoms with Gasteiger partial charge in [0.25, 0.3) is 0 Å². The van der Waals surface area contributed by atoms with Crippen molar-refractivity contribution in [3.05, 3.63) is 29.8 Å². The Labute approximate surface area is 160 Å². The molecular formula is C19H27N3O4S. The number of carbonyl (C=O) groups excluding carboxylic acids is 2. The number of amides is 2. The van der Waals surface area contributed by atoms with Crippen molar-refractivity contribution in [2.45, 2.75) is 44.0 Å². The van der Waals surface area contributed by atoms with Gasteiger partial charge in [-0.3, -0.25) is 9.59 Å². The van der Waals surface area contributed by atoms with Crippen LogP contribution in [-0.2, 0) is 26.2 Å². The maximum Gasteiger partial charge on any atom is 0.243 e. The van der Waals surface area contributed by atoms with E-state index in [2.05, 4.69) is 5.32 Å². The molecule has 0 aromatic heterocycles. The second-order valence-electron chi connectivity index (χ2n) is 7.25. The molecule has 2 heterocycles. The maximum atomic E-state index is 12.5.